The molecule has 0 spiro atoms. The maximum atomic E-state index is 13.8. The van der Waals surface area contributed by atoms with Crippen LogP contribution in [-0.4, -0.2) is 23.1 Å². The third-order valence-corrected chi connectivity index (χ3v) is 6.99. The molecule has 0 aromatic heterocycles. The summed E-state index contributed by atoms with van der Waals surface area (Å²) in [5, 5.41) is 0. The van der Waals surface area contributed by atoms with E-state index in [1.165, 1.54) is 5.57 Å². The van der Waals surface area contributed by atoms with Crippen LogP contribution in [0.25, 0.3) is 0 Å². The van der Waals surface area contributed by atoms with Gasteiger partial charge in [0.25, 0.3) is 0 Å². The van der Waals surface area contributed by atoms with Crippen LogP contribution in [0.15, 0.2) is 23.3 Å². The highest BCUT2D eigenvalue weighted by molar-refractivity contribution is 6.25. The number of carbonyl (C=O) groups excluding carboxylic acids is 3. The summed E-state index contributed by atoms with van der Waals surface area (Å²) in [4.78, 5) is 40.5. The van der Waals surface area contributed by atoms with Gasteiger partial charge in [0.15, 0.2) is 5.78 Å². The van der Waals surface area contributed by atoms with Crippen molar-refractivity contribution in [3.63, 3.8) is 0 Å². The van der Waals surface area contributed by atoms with E-state index in [1.54, 1.807) is 0 Å². The Bertz CT molecular complexity index is 734. The average molecular weight is 389 g/mol. The second-order valence-corrected chi connectivity index (χ2v) is 9.78. The molecule has 0 radical (unpaired) electrons. The molecule has 1 saturated carbocycles. The predicted molar refractivity (Wildman–Crippen MR) is 111 cm³/mol. The zero-order valence-corrected chi connectivity index (χ0v) is 18.8. The number of ether oxygens (including phenoxy) is 1. The fraction of sp³-hybridized carbons (Fsp3) is 0.708. The third kappa shape index (κ3) is 3.19. The van der Waals surface area contributed by atoms with Crippen LogP contribution in [0.3, 0.4) is 0 Å². The van der Waals surface area contributed by atoms with Crippen LogP contribution in [0.5, 0.6) is 0 Å². The van der Waals surface area contributed by atoms with E-state index in [9.17, 15) is 14.4 Å². The smallest absolute Gasteiger partial charge is 0.321 e. The van der Waals surface area contributed by atoms with Crippen LogP contribution in [-0.2, 0) is 19.1 Å². The van der Waals surface area contributed by atoms with Crippen LogP contribution in [0.4, 0.5) is 0 Å². The quantitative estimate of drug-likeness (QED) is 0.341. The zero-order chi connectivity index (χ0) is 21.5. The minimum atomic E-state index is -1.67. The van der Waals surface area contributed by atoms with Gasteiger partial charge < -0.3 is 4.74 Å². The van der Waals surface area contributed by atoms with Crippen molar-refractivity contribution in [3.8, 4) is 0 Å². The maximum absolute atomic E-state index is 13.8. The van der Waals surface area contributed by atoms with Gasteiger partial charge in [-0.3, -0.25) is 14.4 Å². The third-order valence-electron chi connectivity index (χ3n) is 6.99. The molecule has 0 aromatic rings. The fourth-order valence-corrected chi connectivity index (χ4v) is 4.68. The lowest BCUT2D eigenvalue weighted by atomic mass is 9.50. The molecule has 156 valence electrons. The van der Waals surface area contributed by atoms with Crippen molar-refractivity contribution in [1.82, 2.24) is 0 Å². The van der Waals surface area contributed by atoms with Crippen molar-refractivity contribution in [1.29, 1.82) is 0 Å². The fourth-order valence-electron chi connectivity index (χ4n) is 4.68. The zero-order valence-electron chi connectivity index (χ0n) is 18.8. The lowest BCUT2D eigenvalue weighted by Gasteiger charge is -2.50. The van der Waals surface area contributed by atoms with Crippen molar-refractivity contribution >= 4 is 17.5 Å². The summed E-state index contributed by atoms with van der Waals surface area (Å²) in [6.45, 7) is 15.6. The van der Waals surface area contributed by atoms with Gasteiger partial charge in [-0.25, -0.2) is 0 Å². The summed E-state index contributed by atoms with van der Waals surface area (Å²) < 4.78 is 5.87. The summed E-state index contributed by atoms with van der Waals surface area (Å²) >= 11 is 0. The Balaban J connectivity index is 2.68. The van der Waals surface area contributed by atoms with Crippen LogP contribution in [0.2, 0.25) is 0 Å². The molecule has 2 bridgehead atoms. The second-order valence-electron chi connectivity index (χ2n) is 9.78. The number of hydrogen-bond donors (Lipinski definition) is 0. The summed E-state index contributed by atoms with van der Waals surface area (Å²) in [5.41, 5.74) is -1.43. The Kier molecular flexibility index (Phi) is 6.13. The van der Waals surface area contributed by atoms with E-state index in [0.29, 0.717) is 19.3 Å². The Morgan fingerprint density at radius 3 is 2.21 bits per heavy atom. The predicted octanol–water partition coefficient (Wildman–Crippen LogP) is 5.21. The second kappa shape index (κ2) is 7.61. The van der Waals surface area contributed by atoms with Gasteiger partial charge in [0.05, 0.1) is 0 Å². The van der Waals surface area contributed by atoms with E-state index < -0.39 is 22.4 Å². The Labute approximate surface area is 169 Å². The first-order valence-corrected chi connectivity index (χ1v) is 10.5. The van der Waals surface area contributed by atoms with Gasteiger partial charge in [-0.2, -0.15) is 0 Å². The molecular weight excluding hydrogens is 352 g/mol. The number of esters is 1. The first kappa shape index (κ1) is 22.6. The first-order valence-electron chi connectivity index (χ1n) is 10.5. The van der Waals surface area contributed by atoms with Gasteiger partial charge in [-0.15, -0.1) is 0 Å². The van der Waals surface area contributed by atoms with Gasteiger partial charge in [0.1, 0.15) is 5.41 Å². The first-order chi connectivity index (χ1) is 12.9. The maximum Gasteiger partial charge on any atom is 0.321 e. The highest BCUT2D eigenvalue weighted by Crippen LogP contribution is 2.62. The van der Waals surface area contributed by atoms with E-state index in [-0.39, 0.29) is 23.4 Å². The molecule has 1 heterocycles. The topological polar surface area (TPSA) is 60.4 Å². The van der Waals surface area contributed by atoms with Crippen molar-refractivity contribution in [2.24, 2.45) is 22.7 Å². The summed E-state index contributed by atoms with van der Waals surface area (Å²) in [6.07, 6.45) is 6.15. The standard InChI is InChI=1S/C24H36O4/c1-9-17(6)19(25)24-20(26)23(21(27)28-24,13-12-16(4)5)14-18(22(24,7)8)11-10-15(2)3/h10,12,17-18H,9,11,13-14H2,1-8H3/t17-,18?,23+,24+/m0/s1. The molecule has 2 aliphatic rings. The highest BCUT2D eigenvalue weighted by atomic mass is 16.6. The molecule has 0 N–H and O–H groups in total. The van der Waals surface area contributed by atoms with Crippen molar-refractivity contribution in [3.05, 3.63) is 23.3 Å². The number of Topliss-reactive ketones (excluding diaryl/α,β-unsaturated/α-hetero) is 2. The van der Waals surface area contributed by atoms with Crippen molar-refractivity contribution in [2.45, 2.75) is 86.7 Å². The van der Waals surface area contributed by atoms with Crippen molar-refractivity contribution < 1.29 is 19.1 Å². The molecule has 4 nitrogen and oxygen atoms in total. The number of rotatable bonds is 7. The Morgan fingerprint density at radius 1 is 1.14 bits per heavy atom. The van der Waals surface area contributed by atoms with Crippen LogP contribution in [0.1, 0.15) is 81.1 Å². The van der Waals surface area contributed by atoms with Crippen LogP contribution >= 0.6 is 0 Å². The number of fused-ring (bicyclic) bond motifs is 2. The number of allylic oxidation sites excluding steroid dienone is 4. The van der Waals surface area contributed by atoms with Gasteiger partial charge in [0, 0.05) is 11.3 Å². The lowest BCUT2D eigenvalue weighted by Crippen LogP contribution is -2.65. The SMILES string of the molecule is CC[C@H](C)C(=O)[C@]12OC(=O)[C@](CC=C(C)C)(CC(CC=C(C)C)C1(C)C)C2=O. The van der Waals surface area contributed by atoms with Gasteiger partial charge in [-0.05, 0) is 59.3 Å². The van der Waals surface area contributed by atoms with Gasteiger partial charge in [-0.1, -0.05) is 51.0 Å². The molecule has 0 amide bonds. The summed E-state index contributed by atoms with van der Waals surface area (Å²) in [7, 11) is 0. The van der Waals surface area contributed by atoms with Gasteiger partial charge >= 0.3 is 5.97 Å². The number of ketones is 2. The minimum absolute atomic E-state index is 0.00474. The average Bonchev–Trinajstić information content (AvgIpc) is 2.79. The van der Waals surface area contributed by atoms with E-state index >= 15 is 0 Å². The molecule has 1 saturated heterocycles. The molecule has 2 rings (SSSR count). The molecule has 1 aliphatic heterocycles. The molecule has 4 heteroatoms. The summed E-state index contributed by atoms with van der Waals surface area (Å²) in [5.74, 6) is -1.40. The van der Waals surface area contributed by atoms with Crippen LogP contribution in [0, 0.1) is 22.7 Å². The van der Waals surface area contributed by atoms with E-state index in [1.807, 2.05) is 61.5 Å². The molecule has 28 heavy (non-hydrogen) atoms. The summed E-state index contributed by atoms with van der Waals surface area (Å²) in [6, 6.07) is 0. The van der Waals surface area contributed by atoms with E-state index in [2.05, 4.69) is 6.08 Å². The number of hydrogen-bond acceptors (Lipinski definition) is 4. The molecular formula is C24H36O4. The normalized spacial score (nSPS) is 31.8. The highest BCUT2D eigenvalue weighted by Gasteiger charge is 2.77. The van der Waals surface area contributed by atoms with Gasteiger partial charge in [0.2, 0.25) is 11.4 Å². The monoisotopic (exact) mass is 388 g/mol. The molecule has 1 unspecified atom stereocenters. The van der Waals surface area contributed by atoms with Crippen LogP contribution < -0.4 is 0 Å². The Morgan fingerprint density at radius 2 is 1.71 bits per heavy atom. The molecule has 2 fully saturated rings. The number of carbonyl (C=O) groups is 3. The largest absolute Gasteiger partial charge is 0.441 e. The Hall–Kier alpha value is -1.71. The van der Waals surface area contributed by atoms with E-state index in [0.717, 1.165) is 12.0 Å². The van der Waals surface area contributed by atoms with E-state index in [4.69, 9.17) is 4.74 Å². The molecule has 1 aliphatic carbocycles. The molecule has 0 aromatic carbocycles. The van der Waals surface area contributed by atoms with Crippen molar-refractivity contribution in [2.75, 3.05) is 0 Å². The lowest BCUT2D eigenvalue weighted by molar-refractivity contribution is -0.179. The molecule has 4 atom stereocenters. The minimum Gasteiger partial charge on any atom is -0.441 e.